The zero-order valence-corrected chi connectivity index (χ0v) is 22.6. The molecule has 172 valence electrons. The molecule has 0 amide bonds. The fraction of sp³-hybridized carbons (Fsp3) is 0.696. The first-order valence-corrected chi connectivity index (χ1v) is 14.5. The molecule has 3 rings (SSSR count). The minimum Gasteiger partial charge on any atom is -0.417 e. The number of hydrogen-bond acceptors (Lipinski definition) is 4. The highest BCUT2D eigenvalue weighted by Crippen LogP contribution is 2.39. The van der Waals surface area contributed by atoms with Crippen LogP contribution < -0.4 is 5.46 Å². The lowest BCUT2D eigenvalue weighted by Gasteiger charge is -2.36. The van der Waals surface area contributed by atoms with Gasteiger partial charge in [-0.05, 0) is 70.3 Å². The van der Waals surface area contributed by atoms with E-state index in [4.69, 9.17) is 25.3 Å². The normalized spacial score (nSPS) is 18.9. The Labute approximate surface area is 194 Å². The Morgan fingerprint density at radius 3 is 2.29 bits per heavy atom. The topological polar surface area (TPSA) is 45.5 Å². The Balaban J connectivity index is 1.92. The van der Waals surface area contributed by atoms with Gasteiger partial charge < -0.3 is 13.7 Å². The van der Waals surface area contributed by atoms with Crippen molar-refractivity contribution in [3.63, 3.8) is 0 Å². The van der Waals surface area contributed by atoms with E-state index in [9.17, 15) is 0 Å². The predicted octanol–water partition coefficient (Wildman–Crippen LogP) is 5.48. The molecule has 0 unspecified atom stereocenters. The zero-order valence-electron chi connectivity index (χ0n) is 20.9. The molecule has 1 aliphatic heterocycles. The third kappa shape index (κ3) is 4.62. The van der Waals surface area contributed by atoms with Crippen LogP contribution in [0.1, 0.15) is 60.5 Å². The average molecular weight is 465 g/mol. The van der Waals surface area contributed by atoms with E-state index in [0.717, 1.165) is 46.4 Å². The second-order valence-electron chi connectivity index (χ2n) is 11.3. The molecule has 0 radical (unpaired) electrons. The van der Waals surface area contributed by atoms with Crippen molar-refractivity contribution in [3.05, 3.63) is 22.8 Å². The van der Waals surface area contributed by atoms with Crippen LogP contribution in [0.3, 0.4) is 0 Å². The van der Waals surface area contributed by atoms with Crippen molar-refractivity contribution in [3.8, 4) is 0 Å². The van der Waals surface area contributed by atoms with E-state index in [1.165, 1.54) is 0 Å². The van der Waals surface area contributed by atoms with Crippen LogP contribution in [0.2, 0.25) is 23.2 Å². The van der Waals surface area contributed by atoms with Gasteiger partial charge in [-0.3, -0.25) is 4.68 Å². The highest BCUT2D eigenvalue weighted by Gasteiger charge is 2.53. The number of halogens is 1. The van der Waals surface area contributed by atoms with E-state index in [1.54, 1.807) is 0 Å². The third-order valence-corrected chi connectivity index (χ3v) is 12.3. The third-order valence-electron chi connectivity index (χ3n) is 7.45. The minimum absolute atomic E-state index is 0.201. The molecule has 1 saturated heterocycles. The van der Waals surface area contributed by atoms with Crippen LogP contribution in [0.15, 0.2) is 12.3 Å². The second kappa shape index (κ2) is 8.17. The van der Waals surface area contributed by atoms with Crippen molar-refractivity contribution in [1.29, 1.82) is 0 Å². The van der Waals surface area contributed by atoms with Gasteiger partial charge in [0, 0.05) is 29.5 Å². The Morgan fingerprint density at radius 2 is 1.74 bits per heavy atom. The van der Waals surface area contributed by atoms with Crippen LogP contribution in [0.25, 0.3) is 10.9 Å². The van der Waals surface area contributed by atoms with Crippen LogP contribution >= 0.6 is 11.6 Å². The molecule has 1 aromatic carbocycles. The van der Waals surface area contributed by atoms with E-state index in [0.29, 0.717) is 0 Å². The quantitative estimate of drug-likeness (QED) is 0.419. The first-order chi connectivity index (χ1) is 14.1. The molecular weight excluding hydrogens is 427 g/mol. The van der Waals surface area contributed by atoms with E-state index < -0.39 is 26.6 Å². The molecule has 0 atom stereocenters. The van der Waals surface area contributed by atoms with Gasteiger partial charge in [-0.2, -0.15) is 5.10 Å². The standard InChI is InChI=1S/C23H38BClN2O3Si/c1-21(2,3)31(9,10)28-13-11-12-17-18(25)14-16-15-26-27(8)20(16)19(17)24-29-22(4,5)23(6,7)30-24/h14-15H,11-13H2,1-10H3. The predicted molar refractivity (Wildman–Crippen MR) is 133 cm³/mol. The molecule has 0 N–H and O–H groups in total. The van der Waals surface area contributed by atoms with Crippen LogP contribution in [-0.2, 0) is 27.2 Å². The van der Waals surface area contributed by atoms with Gasteiger partial charge in [0.1, 0.15) is 0 Å². The summed E-state index contributed by atoms with van der Waals surface area (Å²) < 4.78 is 21.2. The number of aryl methyl sites for hydroxylation is 1. The second-order valence-corrected chi connectivity index (χ2v) is 16.5. The molecule has 0 aliphatic carbocycles. The summed E-state index contributed by atoms with van der Waals surface area (Å²) in [5.74, 6) is 0. The molecule has 2 aromatic rings. The van der Waals surface area contributed by atoms with Crippen molar-refractivity contribution in [2.24, 2.45) is 7.05 Å². The Hall–Kier alpha value is -0.858. The van der Waals surface area contributed by atoms with Gasteiger partial charge in [-0.15, -0.1) is 0 Å². The minimum atomic E-state index is -1.77. The van der Waals surface area contributed by atoms with Gasteiger partial charge >= 0.3 is 7.12 Å². The maximum absolute atomic E-state index is 6.80. The Kier molecular flexibility index (Phi) is 6.53. The summed E-state index contributed by atoms with van der Waals surface area (Å²) in [6.45, 7) is 20.4. The summed E-state index contributed by atoms with van der Waals surface area (Å²) >= 11 is 6.80. The number of rotatable bonds is 6. The van der Waals surface area contributed by atoms with E-state index in [2.05, 4.69) is 66.7 Å². The van der Waals surface area contributed by atoms with Gasteiger partial charge in [-0.25, -0.2) is 0 Å². The number of hydrogen-bond donors (Lipinski definition) is 0. The summed E-state index contributed by atoms with van der Waals surface area (Å²) in [5.41, 5.74) is 2.23. The fourth-order valence-electron chi connectivity index (χ4n) is 3.65. The van der Waals surface area contributed by atoms with Crippen LogP contribution in [0, 0.1) is 0 Å². The largest absolute Gasteiger partial charge is 0.497 e. The van der Waals surface area contributed by atoms with Crippen molar-refractivity contribution < 1.29 is 13.7 Å². The smallest absolute Gasteiger partial charge is 0.417 e. The summed E-state index contributed by atoms with van der Waals surface area (Å²) in [7, 11) is -0.307. The van der Waals surface area contributed by atoms with Gasteiger partial charge in [-0.1, -0.05) is 32.4 Å². The number of nitrogens with zero attached hydrogens (tertiary/aromatic N) is 2. The fourth-order valence-corrected chi connectivity index (χ4v) is 5.05. The van der Waals surface area contributed by atoms with E-state index in [1.807, 2.05) is 24.0 Å². The summed E-state index contributed by atoms with van der Waals surface area (Å²) in [4.78, 5) is 0. The summed E-state index contributed by atoms with van der Waals surface area (Å²) in [6, 6.07) is 2.00. The number of benzene rings is 1. The monoisotopic (exact) mass is 464 g/mol. The highest BCUT2D eigenvalue weighted by molar-refractivity contribution is 6.74. The van der Waals surface area contributed by atoms with Crippen LogP contribution in [0.5, 0.6) is 0 Å². The van der Waals surface area contributed by atoms with Gasteiger partial charge in [0.15, 0.2) is 8.32 Å². The first-order valence-electron chi connectivity index (χ1n) is 11.2. The molecule has 0 saturated carbocycles. The van der Waals surface area contributed by atoms with E-state index in [-0.39, 0.29) is 5.04 Å². The molecule has 5 nitrogen and oxygen atoms in total. The molecule has 1 aromatic heterocycles. The molecule has 1 aliphatic rings. The maximum atomic E-state index is 6.80. The van der Waals surface area contributed by atoms with Crippen molar-refractivity contribution >= 4 is 43.4 Å². The molecule has 0 bridgehead atoms. The molecule has 0 spiro atoms. The maximum Gasteiger partial charge on any atom is 0.497 e. The first kappa shape index (κ1) is 24.8. The Morgan fingerprint density at radius 1 is 1.16 bits per heavy atom. The van der Waals surface area contributed by atoms with Crippen LogP contribution in [-0.4, -0.2) is 43.0 Å². The molecule has 31 heavy (non-hydrogen) atoms. The highest BCUT2D eigenvalue weighted by atomic mass is 35.5. The lowest BCUT2D eigenvalue weighted by atomic mass is 9.73. The summed E-state index contributed by atoms with van der Waals surface area (Å²) in [5, 5.41) is 6.40. The molecular formula is C23H38BClN2O3Si. The van der Waals surface area contributed by atoms with Crippen molar-refractivity contribution in [1.82, 2.24) is 9.78 Å². The van der Waals surface area contributed by atoms with Gasteiger partial charge in [0.05, 0.1) is 22.9 Å². The molecule has 2 heterocycles. The van der Waals surface area contributed by atoms with Gasteiger partial charge in [0.2, 0.25) is 0 Å². The summed E-state index contributed by atoms with van der Waals surface area (Å²) in [6.07, 6.45) is 3.54. The van der Waals surface area contributed by atoms with E-state index >= 15 is 0 Å². The average Bonchev–Trinajstić information content (AvgIpc) is 3.06. The van der Waals surface area contributed by atoms with Crippen LogP contribution in [0.4, 0.5) is 0 Å². The van der Waals surface area contributed by atoms with Crippen molar-refractivity contribution in [2.75, 3.05) is 6.61 Å². The SMILES string of the molecule is Cn1ncc2cc(Cl)c(CCCO[Si](C)(C)C(C)(C)C)c(B3OC(C)(C)C(C)(C)O3)c21. The molecule has 1 fully saturated rings. The zero-order chi connectivity index (χ0) is 23.4. The number of fused-ring (bicyclic) bond motifs is 1. The number of aromatic nitrogens is 2. The molecule has 8 heteroatoms. The van der Waals surface area contributed by atoms with Crippen molar-refractivity contribution in [2.45, 2.75) is 90.6 Å². The van der Waals surface area contributed by atoms with Gasteiger partial charge in [0.25, 0.3) is 0 Å². The Bertz CT molecular complexity index is 950. The lowest BCUT2D eigenvalue weighted by Crippen LogP contribution is -2.41. The lowest BCUT2D eigenvalue weighted by molar-refractivity contribution is 0.00578.